The number of unbranched alkanes of at least 4 members (excludes halogenated alkanes) is 3. The van der Waals surface area contributed by atoms with Gasteiger partial charge in [0.15, 0.2) is 0 Å². The summed E-state index contributed by atoms with van der Waals surface area (Å²) in [5.74, 6) is -1.95. The number of rotatable bonds is 21. The van der Waals surface area contributed by atoms with Gasteiger partial charge in [-0.2, -0.15) is 0 Å². The molecule has 0 saturated heterocycles. The van der Waals surface area contributed by atoms with Crippen LogP contribution in [0.5, 0.6) is 0 Å². The van der Waals surface area contributed by atoms with Gasteiger partial charge in [0.1, 0.15) is 13.8 Å². The van der Waals surface area contributed by atoms with Crippen LogP contribution in [0.4, 0.5) is 10.1 Å². The lowest BCUT2D eigenvalue weighted by Gasteiger charge is -2.20. The van der Waals surface area contributed by atoms with E-state index in [1.54, 1.807) is 19.9 Å². The number of halogens is 1. The molecule has 1 aromatic carbocycles. The Kier molecular flexibility index (Phi) is 14.2. The molecule has 252 valence electrons. The molecule has 5 N–H and O–H groups in total. The summed E-state index contributed by atoms with van der Waals surface area (Å²) >= 11 is 0. The summed E-state index contributed by atoms with van der Waals surface area (Å²) in [6.07, 6.45) is 5.00. The maximum atomic E-state index is 13.8. The van der Waals surface area contributed by atoms with Crippen LogP contribution in [-0.2, 0) is 28.6 Å². The number of benzene rings is 1. The van der Waals surface area contributed by atoms with E-state index in [4.69, 9.17) is 15.6 Å². The fourth-order valence-corrected chi connectivity index (χ4v) is 5.11. The Morgan fingerprint density at radius 3 is 2.48 bits per heavy atom. The van der Waals surface area contributed by atoms with Crippen LogP contribution in [0.25, 0.3) is 11.6 Å². The van der Waals surface area contributed by atoms with Gasteiger partial charge in [0, 0.05) is 48.9 Å². The average molecular weight is 645 g/mol. The molecule has 3 rings (SSSR count). The van der Waals surface area contributed by atoms with Crippen molar-refractivity contribution < 1.29 is 39.2 Å². The smallest absolute Gasteiger partial charge is 0.306 e. The Morgan fingerprint density at radius 2 is 1.76 bits per heavy atom. The summed E-state index contributed by atoms with van der Waals surface area (Å²) in [6.45, 7) is 8.83. The van der Waals surface area contributed by atoms with Crippen LogP contribution >= 0.6 is 0 Å². The van der Waals surface area contributed by atoms with E-state index in [1.807, 2.05) is 11.8 Å². The molecule has 13 heteroatoms. The number of fused-ring (bicyclic) bond motifs is 1. The Morgan fingerprint density at radius 1 is 1.04 bits per heavy atom. The molecule has 0 fully saturated rings. The van der Waals surface area contributed by atoms with E-state index in [0.29, 0.717) is 78.7 Å². The van der Waals surface area contributed by atoms with E-state index in [2.05, 4.69) is 21.3 Å². The normalized spacial score (nSPS) is 13.5. The number of amides is 2. The molecule has 1 aromatic heterocycles. The van der Waals surface area contributed by atoms with Crippen LogP contribution in [0, 0.1) is 19.7 Å². The number of carbonyl (C=O) groups excluding carboxylic acids is 4. The van der Waals surface area contributed by atoms with E-state index >= 15 is 0 Å². The van der Waals surface area contributed by atoms with Crippen molar-refractivity contribution in [3.8, 4) is 0 Å². The lowest BCUT2D eigenvalue weighted by atomic mass is 10.0. The zero-order valence-electron chi connectivity index (χ0n) is 27.9. The highest BCUT2D eigenvalue weighted by molar-refractivity contribution is 6.34. The number of ether oxygens (including phenoxy) is 3. The van der Waals surface area contributed by atoms with Gasteiger partial charge in [-0.15, -0.1) is 0 Å². The summed E-state index contributed by atoms with van der Waals surface area (Å²) in [6, 6.07) is 4.11. The molecule has 0 bridgehead atoms. The first-order valence-corrected chi connectivity index (χ1v) is 15.7. The zero-order chi connectivity index (χ0) is 34.2. The highest BCUT2D eigenvalue weighted by atomic mass is 19.1. The van der Waals surface area contributed by atoms with Crippen LogP contribution in [0.15, 0.2) is 18.2 Å². The largest absolute Gasteiger partial charge is 0.466 e. The van der Waals surface area contributed by atoms with Crippen LogP contribution < -0.4 is 16.4 Å². The van der Waals surface area contributed by atoms with Gasteiger partial charge in [-0.3, -0.25) is 24.1 Å². The molecule has 0 atom stereocenters. The number of nitrogens with two attached hydrogens (primary N) is 1. The molecule has 2 heterocycles. The number of carbonyl (C=O) groups is 4. The van der Waals surface area contributed by atoms with Gasteiger partial charge in [-0.05, 0) is 69.5 Å². The quantitative estimate of drug-likeness (QED) is 0.0687. The fourth-order valence-electron chi connectivity index (χ4n) is 5.11. The number of nitrogens with one attached hydrogen (secondary N) is 3. The molecule has 2 aromatic rings. The number of nitrogens with zero attached hydrogens (tertiary/aromatic N) is 1. The molecule has 1 aliphatic rings. The Bertz CT molecular complexity index is 1410. The average Bonchev–Trinajstić information content (AvgIpc) is 3.51. The van der Waals surface area contributed by atoms with E-state index < -0.39 is 17.8 Å². The van der Waals surface area contributed by atoms with Crippen LogP contribution in [0.3, 0.4) is 0 Å². The Balaban J connectivity index is 1.34. The maximum absolute atomic E-state index is 13.8. The maximum Gasteiger partial charge on any atom is 0.306 e. The fraction of sp³-hybridized carbons (Fsp3) is 0.515. The predicted molar refractivity (Wildman–Crippen MR) is 172 cm³/mol. The molecule has 0 spiro atoms. The topological polar surface area (TPSA) is 165 Å². The Hall–Kier alpha value is -4.07. The van der Waals surface area contributed by atoms with Crippen molar-refractivity contribution in [2.24, 2.45) is 5.73 Å². The van der Waals surface area contributed by atoms with Gasteiger partial charge in [0.05, 0.1) is 37.3 Å². The highest BCUT2D eigenvalue weighted by Gasteiger charge is 2.26. The van der Waals surface area contributed by atoms with Crippen molar-refractivity contribution in [3.05, 3.63) is 52.1 Å². The van der Waals surface area contributed by atoms with Crippen LogP contribution in [0.1, 0.15) is 78.3 Å². The van der Waals surface area contributed by atoms with E-state index in [-0.39, 0.29) is 38.0 Å². The second-order valence-electron chi connectivity index (χ2n) is 11.0. The number of aromatic amines is 1. The minimum absolute atomic E-state index is 0.0355. The number of hydrogen-bond acceptors (Lipinski definition) is 9. The summed E-state index contributed by atoms with van der Waals surface area (Å²) < 4.78 is 36.2. The van der Waals surface area contributed by atoms with Gasteiger partial charge in [-0.1, -0.05) is 13.3 Å². The lowest BCUT2D eigenvalue weighted by molar-refractivity contribution is -0.150. The monoisotopic (exact) mass is 644 g/mol. The van der Waals surface area contributed by atoms with E-state index in [1.165, 1.54) is 18.2 Å². The minimum atomic E-state index is -0.471. The molecule has 0 aliphatic carbocycles. The number of esters is 2. The minimum Gasteiger partial charge on any atom is -0.466 e. The first-order chi connectivity index (χ1) is 22.6. The van der Waals surface area contributed by atoms with Gasteiger partial charge in [0.2, 0.25) is 0 Å². The predicted octanol–water partition coefficient (Wildman–Crippen LogP) is 3.67. The van der Waals surface area contributed by atoms with Gasteiger partial charge < -0.3 is 35.6 Å². The second kappa shape index (κ2) is 18.8. The lowest BCUT2D eigenvalue weighted by Crippen LogP contribution is -2.37. The molecule has 46 heavy (non-hydrogen) atoms. The van der Waals surface area contributed by atoms with E-state index in [9.17, 15) is 23.6 Å². The van der Waals surface area contributed by atoms with Crippen LogP contribution in [0.2, 0.25) is 1.41 Å². The summed E-state index contributed by atoms with van der Waals surface area (Å²) in [5, 5.41) is 5.66. The molecule has 12 nitrogen and oxygen atoms in total. The number of anilines is 1. The van der Waals surface area contributed by atoms with Crippen molar-refractivity contribution in [2.75, 3.05) is 58.0 Å². The molecular formula is C33H46FN5O7. The van der Waals surface area contributed by atoms with Crippen molar-refractivity contribution in [3.63, 3.8) is 0 Å². The number of aryl methyl sites for hydroxylation is 1. The third-order valence-corrected chi connectivity index (χ3v) is 7.67. The molecule has 0 radical (unpaired) electrons. The molecular weight excluding hydrogens is 597 g/mol. The summed E-state index contributed by atoms with van der Waals surface area (Å²) in [4.78, 5) is 54.8. The second-order valence-corrected chi connectivity index (χ2v) is 11.0. The summed E-state index contributed by atoms with van der Waals surface area (Å²) in [7, 11) is 0. The number of aromatic nitrogens is 1. The number of likely N-dealkylation sites (N-methyl/N-ethyl adjacent to an activating group) is 1. The van der Waals surface area contributed by atoms with Crippen molar-refractivity contribution in [2.45, 2.75) is 59.3 Å². The van der Waals surface area contributed by atoms with Gasteiger partial charge in [0.25, 0.3) is 11.8 Å². The first kappa shape index (κ1) is 34.8. The third-order valence-electron chi connectivity index (χ3n) is 7.67. The number of hydrogen-bond donors (Lipinski definition) is 4. The summed E-state index contributed by atoms with van der Waals surface area (Å²) in [5.41, 5.74) is 5.87. The standard InChI is InChI=1S/C33H46FN5O7/c1-4-39(15-18-46-30(41)12-11-29(40)45-17-8-6-5-7-16-44-21-35)14-13-36-33(43)31-22(2)28(37-23(31)3)20-26-25-19-24(34)9-10-27(25)38-32(26)42/h9-10,19-20,37H,4-8,11-18,21,35H2,1-3H3,(H,36,43)(H,38,42)/b26-20-/i/hD. The Labute approximate surface area is 270 Å². The first-order valence-electron chi connectivity index (χ1n) is 16.2. The molecule has 0 unspecified atom stereocenters. The molecule has 1 aliphatic heterocycles. The van der Waals surface area contributed by atoms with E-state index in [0.717, 1.165) is 25.7 Å². The van der Waals surface area contributed by atoms with Crippen LogP contribution in [-0.4, -0.2) is 86.4 Å². The highest BCUT2D eigenvalue weighted by Crippen LogP contribution is 2.34. The van der Waals surface area contributed by atoms with Gasteiger partial charge >= 0.3 is 11.9 Å². The molecule has 2 amide bonds. The number of H-pyrrole nitrogens is 1. The van der Waals surface area contributed by atoms with Crippen molar-refractivity contribution in [1.29, 1.82) is 0 Å². The zero-order valence-corrected chi connectivity index (χ0v) is 26.9. The van der Waals surface area contributed by atoms with Crippen molar-refractivity contribution in [1.82, 2.24) is 15.2 Å². The van der Waals surface area contributed by atoms with Gasteiger partial charge in [-0.25, -0.2) is 4.39 Å². The van der Waals surface area contributed by atoms with Crippen molar-refractivity contribution >= 4 is 41.1 Å². The third kappa shape index (κ3) is 11.1. The molecule has 0 saturated carbocycles. The SMILES string of the molecule is [2H]NCOCCCCCCOC(=O)CCC(=O)OCCN(CC)CCNC(=O)c1c(C)[nH]c(/C=C2\C(=O)Nc3ccc(F)cc32)c1C.